The predicted molar refractivity (Wildman–Crippen MR) is 210 cm³/mol. The molecule has 1 unspecified atom stereocenters. The highest BCUT2D eigenvalue weighted by Crippen LogP contribution is 2.34. The molecular formula is C40H51N11O5. The SMILES string of the molecule is CC(C)[C@H](NC1OCO1)C(=O)N1CCC[C@H]1C1=NCC(c2ccc(-c3ccc(-c4cnc([C@@H]5CCCN5C(=O)[C@@H](Nc5noc(N)n5)C(C)C)[nH]4)cc3)cc2)N1. The fraction of sp³-hybridized carbons (Fsp3) is 0.500. The van der Waals surface area contributed by atoms with Crippen LogP contribution >= 0.6 is 0 Å². The molecule has 2 aromatic heterocycles. The molecule has 5 atom stereocenters. The number of nitrogens with zero attached hydrogens (tertiary/aromatic N) is 6. The number of anilines is 2. The highest BCUT2D eigenvalue weighted by molar-refractivity contribution is 5.94. The molecule has 296 valence electrons. The van der Waals surface area contributed by atoms with Crippen molar-refractivity contribution in [1.29, 1.82) is 0 Å². The summed E-state index contributed by atoms with van der Waals surface area (Å²) in [4.78, 5) is 48.4. The molecule has 2 aromatic carbocycles. The van der Waals surface area contributed by atoms with Crippen LogP contribution in [0, 0.1) is 11.8 Å². The number of hydrogen-bond acceptors (Lipinski definition) is 13. The van der Waals surface area contributed by atoms with E-state index in [-0.39, 0.29) is 60.5 Å². The summed E-state index contributed by atoms with van der Waals surface area (Å²) in [7, 11) is 0. The summed E-state index contributed by atoms with van der Waals surface area (Å²) in [5.74, 6) is 1.93. The molecular weight excluding hydrogens is 715 g/mol. The van der Waals surface area contributed by atoms with Crippen molar-refractivity contribution in [3.8, 4) is 22.4 Å². The molecule has 2 amide bonds. The Bertz CT molecular complexity index is 2020. The average molecular weight is 766 g/mol. The highest BCUT2D eigenvalue weighted by atomic mass is 16.9. The first kappa shape index (κ1) is 37.6. The Labute approximate surface area is 326 Å². The number of likely N-dealkylation sites (tertiary alicyclic amines) is 2. The summed E-state index contributed by atoms with van der Waals surface area (Å²) in [6.07, 6.45) is 4.83. The third-order valence-corrected chi connectivity index (χ3v) is 11.3. The number of aromatic amines is 1. The predicted octanol–water partition coefficient (Wildman–Crippen LogP) is 4.45. The highest BCUT2D eigenvalue weighted by Gasteiger charge is 2.41. The van der Waals surface area contributed by atoms with Crippen LogP contribution in [0.2, 0.25) is 0 Å². The van der Waals surface area contributed by atoms with Gasteiger partial charge < -0.3 is 45.1 Å². The van der Waals surface area contributed by atoms with Crippen molar-refractivity contribution in [1.82, 2.24) is 40.5 Å². The third kappa shape index (κ3) is 7.73. The molecule has 6 N–H and O–H groups in total. The van der Waals surface area contributed by atoms with Crippen LogP contribution in [0.15, 0.2) is 64.2 Å². The second-order valence-electron chi connectivity index (χ2n) is 15.7. The first-order valence-electron chi connectivity index (χ1n) is 19.7. The molecule has 0 saturated carbocycles. The number of carbonyl (C=O) groups is 2. The Hall–Kier alpha value is -5.32. The Kier molecular flexibility index (Phi) is 10.8. The molecule has 0 aliphatic carbocycles. The van der Waals surface area contributed by atoms with E-state index in [0.717, 1.165) is 65.3 Å². The largest absolute Gasteiger partial charge is 0.363 e. The number of hydrogen-bond donors (Lipinski definition) is 5. The van der Waals surface area contributed by atoms with Crippen LogP contribution in [0.3, 0.4) is 0 Å². The number of nitrogen functional groups attached to an aromatic ring is 1. The van der Waals surface area contributed by atoms with Gasteiger partial charge in [0.05, 0.1) is 42.6 Å². The lowest BCUT2D eigenvalue weighted by Crippen LogP contribution is -2.58. The Balaban J connectivity index is 0.879. The van der Waals surface area contributed by atoms with E-state index in [9.17, 15) is 9.59 Å². The zero-order valence-corrected chi connectivity index (χ0v) is 32.3. The van der Waals surface area contributed by atoms with Crippen molar-refractivity contribution < 1.29 is 23.6 Å². The van der Waals surface area contributed by atoms with Crippen molar-refractivity contribution in [3.63, 3.8) is 0 Å². The number of ether oxygens (including phenoxy) is 2. The number of nitrogens with two attached hydrogens (primary N) is 1. The molecule has 0 bridgehead atoms. The molecule has 56 heavy (non-hydrogen) atoms. The number of imidazole rings is 1. The van der Waals surface area contributed by atoms with E-state index in [4.69, 9.17) is 29.7 Å². The maximum Gasteiger partial charge on any atom is 0.320 e. The van der Waals surface area contributed by atoms with Crippen LogP contribution in [0.5, 0.6) is 0 Å². The number of nitrogens with one attached hydrogen (secondary N) is 4. The normalized spacial score (nSPS) is 22.3. The summed E-state index contributed by atoms with van der Waals surface area (Å²) in [5.41, 5.74) is 10.9. The molecule has 0 radical (unpaired) electrons. The standard InChI is InChI=1S/C40H51N11O5/c1-22(2)32(46-39-48-38(41)56-49-39)36(52)50-17-5-7-30(50)34-42-19-28(44-34)26-13-9-24(10-14-26)25-11-15-27(16-12-25)29-20-43-35(45-29)31-8-6-18-51(31)37(53)33(23(3)4)47-40-54-21-55-40/h9-16,19,22-23,29-33,40,47H,5-8,17-18,20-21H2,1-4H3,(H,42,44)(H,43,45)(H3,41,46,48,49)/t29?,30-,31-,32-,33-/m0/s1. The number of aromatic nitrogens is 4. The molecule has 4 aromatic rings. The Morgan fingerprint density at radius 2 is 1.48 bits per heavy atom. The van der Waals surface area contributed by atoms with Crippen LogP contribution in [0.4, 0.5) is 12.0 Å². The van der Waals surface area contributed by atoms with Gasteiger partial charge in [-0.3, -0.25) is 19.9 Å². The Morgan fingerprint density at radius 3 is 2.11 bits per heavy atom. The van der Waals surface area contributed by atoms with Gasteiger partial charge in [-0.05, 0) is 64.9 Å². The smallest absolute Gasteiger partial charge is 0.320 e. The number of H-pyrrole nitrogens is 1. The molecule has 0 spiro atoms. The third-order valence-electron chi connectivity index (χ3n) is 11.3. The summed E-state index contributed by atoms with van der Waals surface area (Å²) in [6.45, 7) is 10.2. The van der Waals surface area contributed by atoms with Crippen LogP contribution in [-0.4, -0.2) is 98.5 Å². The van der Waals surface area contributed by atoms with Gasteiger partial charge in [-0.15, -0.1) is 0 Å². The van der Waals surface area contributed by atoms with E-state index in [0.29, 0.717) is 19.6 Å². The minimum atomic E-state index is -0.543. The molecule has 3 fully saturated rings. The molecule has 6 heterocycles. The molecule has 16 nitrogen and oxygen atoms in total. The van der Waals surface area contributed by atoms with E-state index in [1.54, 1.807) is 0 Å². The van der Waals surface area contributed by atoms with E-state index in [1.807, 2.05) is 43.7 Å². The fourth-order valence-electron chi connectivity index (χ4n) is 8.11. The zero-order chi connectivity index (χ0) is 38.9. The van der Waals surface area contributed by atoms with E-state index < -0.39 is 18.5 Å². The van der Waals surface area contributed by atoms with Crippen LogP contribution in [0.1, 0.15) is 76.8 Å². The number of benzene rings is 2. The molecule has 3 saturated heterocycles. The van der Waals surface area contributed by atoms with E-state index in [2.05, 4.69) is 79.6 Å². The second-order valence-corrected chi connectivity index (χ2v) is 15.7. The number of aliphatic imine (C=N–C) groups is 1. The van der Waals surface area contributed by atoms with Crippen LogP contribution in [0.25, 0.3) is 22.4 Å². The van der Waals surface area contributed by atoms with Gasteiger partial charge in [0.15, 0.2) is 6.79 Å². The van der Waals surface area contributed by atoms with Crippen molar-refractivity contribution >= 4 is 29.6 Å². The topological polar surface area (TPSA) is 201 Å². The number of amidine groups is 1. The lowest BCUT2D eigenvalue weighted by atomic mass is 9.99. The fourth-order valence-corrected chi connectivity index (χ4v) is 8.11. The number of carbonyl (C=O) groups excluding carboxylic acids is 2. The minimum Gasteiger partial charge on any atom is -0.363 e. The van der Waals surface area contributed by atoms with Crippen molar-refractivity contribution in [2.75, 3.05) is 37.5 Å². The average Bonchev–Trinajstić information content (AvgIpc) is 4.03. The van der Waals surface area contributed by atoms with Crippen LogP contribution < -0.4 is 21.7 Å². The van der Waals surface area contributed by atoms with Gasteiger partial charge in [-0.2, -0.15) is 4.98 Å². The maximum atomic E-state index is 13.8. The van der Waals surface area contributed by atoms with Crippen molar-refractivity contribution in [2.45, 2.75) is 90.0 Å². The lowest BCUT2D eigenvalue weighted by Gasteiger charge is -2.35. The lowest BCUT2D eigenvalue weighted by molar-refractivity contribution is -0.335. The first-order chi connectivity index (χ1) is 27.1. The Morgan fingerprint density at radius 1 is 0.857 bits per heavy atom. The maximum absolute atomic E-state index is 13.8. The van der Waals surface area contributed by atoms with E-state index in [1.165, 1.54) is 0 Å². The monoisotopic (exact) mass is 765 g/mol. The van der Waals surface area contributed by atoms with Gasteiger partial charge in [-0.1, -0.05) is 76.2 Å². The van der Waals surface area contributed by atoms with Gasteiger partial charge in [-0.25, -0.2) is 4.98 Å². The molecule has 8 rings (SSSR count). The van der Waals surface area contributed by atoms with Gasteiger partial charge in [0, 0.05) is 13.1 Å². The quantitative estimate of drug-likeness (QED) is 0.128. The number of amides is 2. The van der Waals surface area contributed by atoms with Gasteiger partial charge in [0.1, 0.15) is 17.7 Å². The van der Waals surface area contributed by atoms with Gasteiger partial charge >= 0.3 is 6.01 Å². The first-order valence-corrected chi connectivity index (χ1v) is 19.7. The van der Waals surface area contributed by atoms with Crippen molar-refractivity contribution in [2.24, 2.45) is 16.8 Å². The molecule has 4 aliphatic rings. The summed E-state index contributed by atoms with van der Waals surface area (Å²) in [6, 6.07) is 15.8. The molecule has 16 heteroatoms. The van der Waals surface area contributed by atoms with Crippen LogP contribution in [-0.2, 0) is 19.1 Å². The molecule has 4 aliphatic heterocycles. The van der Waals surface area contributed by atoms with Gasteiger partial charge in [0.25, 0.3) is 5.95 Å². The minimum absolute atomic E-state index is 0.0204. The summed E-state index contributed by atoms with van der Waals surface area (Å²) < 4.78 is 15.6. The van der Waals surface area contributed by atoms with E-state index >= 15 is 0 Å². The van der Waals surface area contributed by atoms with Crippen molar-refractivity contribution in [3.05, 3.63) is 66.1 Å². The zero-order valence-electron chi connectivity index (χ0n) is 32.3. The summed E-state index contributed by atoms with van der Waals surface area (Å²) >= 11 is 0. The number of rotatable bonds is 13. The van der Waals surface area contributed by atoms with Gasteiger partial charge in [0.2, 0.25) is 18.2 Å². The second kappa shape index (κ2) is 16.0. The summed E-state index contributed by atoms with van der Waals surface area (Å²) in [5, 5.41) is 13.8.